The van der Waals surface area contributed by atoms with Gasteiger partial charge in [-0.15, -0.1) is 0 Å². The molecule has 3 rings (SSSR count). The van der Waals surface area contributed by atoms with Crippen LogP contribution in [-0.2, 0) is 32.6 Å². The van der Waals surface area contributed by atoms with Crippen LogP contribution in [0.1, 0.15) is 42.0 Å². The summed E-state index contributed by atoms with van der Waals surface area (Å²) in [4.78, 5) is 29.2. The number of unbranched alkanes of at least 4 members (excludes halogenated alkanes) is 1. The first-order chi connectivity index (χ1) is 19.0. The smallest absolute Gasteiger partial charge is 0.244 e. The summed E-state index contributed by atoms with van der Waals surface area (Å²) in [5.74, 6) is -0.776. The highest BCUT2D eigenvalue weighted by molar-refractivity contribution is 7.92. The van der Waals surface area contributed by atoms with Crippen molar-refractivity contribution in [1.29, 1.82) is 0 Å². The van der Waals surface area contributed by atoms with Gasteiger partial charge >= 0.3 is 0 Å². The molecule has 1 unspecified atom stereocenters. The Balaban J connectivity index is 2.05. The molecule has 0 aromatic heterocycles. The molecule has 2 amide bonds. The molecule has 0 spiro atoms. The van der Waals surface area contributed by atoms with E-state index in [1.54, 1.807) is 24.3 Å². The third kappa shape index (κ3) is 8.83. The molecule has 0 fully saturated rings. The molecule has 40 heavy (non-hydrogen) atoms. The molecule has 0 bridgehead atoms. The van der Waals surface area contributed by atoms with Crippen molar-refractivity contribution in [2.45, 2.75) is 52.6 Å². The predicted octanol–water partition coefficient (Wildman–Crippen LogP) is 5.28. The number of carbonyl (C=O) groups is 2. The summed E-state index contributed by atoms with van der Waals surface area (Å²) in [7, 11) is -3.82. The van der Waals surface area contributed by atoms with E-state index in [4.69, 9.17) is 11.6 Å². The van der Waals surface area contributed by atoms with E-state index in [1.807, 2.05) is 69.3 Å². The van der Waals surface area contributed by atoms with E-state index < -0.39 is 28.5 Å². The molecule has 0 saturated carbocycles. The fourth-order valence-electron chi connectivity index (χ4n) is 4.57. The summed E-state index contributed by atoms with van der Waals surface area (Å²) in [6.45, 7) is 5.89. The monoisotopic (exact) mass is 583 g/mol. The fourth-order valence-corrected chi connectivity index (χ4v) is 5.69. The van der Waals surface area contributed by atoms with Gasteiger partial charge in [0.15, 0.2) is 0 Å². The van der Waals surface area contributed by atoms with Gasteiger partial charge in [-0.05, 0) is 55.2 Å². The average molecular weight is 584 g/mol. The van der Waals surface area contributed by atoms with Crippen LogP contribution in [0.3, 0.4) is 0 Å². The number of hydrogen-bond donors (Lipinski definition) is 1. The summed E-state index contributed by atoms with van der Waals surface area (Å²) in [6.07, 6.45) is 3.07. The highest BCUT2D eigenvalue weighted by Crippen LogP contribution is 2.25. The lowest BCUT2D eigenvalue weighted by atomic mass is 10.0. The molecule has 0 heterocycles. The van der Waals surface area contributed by atoms with Gasteiger partial charge in [0, 0.05) is 24.5 Å². The van der Waals surface area contributed by atoms with Crippen molar-refractivity contribution in [1.82, 2.24) is 10.2 Å². The molecule has 0 radical (unpaired) electrons. The van der Waals surface area contributed by atoms with Crippen LogP contribution in [0.4, 0.5) is 5.69 Å². The summed E-state index contributed by atoms with van der Waals surface area (Å²) >= 11 is 6.25. The third-order valence-electron chi connectivity index (χ3n) is 6.64. The molecule has 0 aliphatic rings. The minimum atomic E-state index is -3.82. The van der Waals surface area contributed by atoms with Gasteiger partial charge < -0.3 is 10.2 Å². The number of benzene rings is 3. The second-order valence-corrected chi connectivity index (χ2v) is 12.4. The van der Waals surface area contributed by atoms with E-state index in [1.165, 1.54) is 4.90 Å². The maximum absolute atomic E-state index is 14.1. The van der Waals surface area contributed by atoms with Crippen molar-refractivity contribution in [3.63, 3.8) is 0 Å². The quantitative estimate of drug-likeness (QED) is 0.277. The molecule has 3 aromatic carbocycles. The Morgan fingerprint density at radius 3 is 2.27 bits per heavy atom. The Bertz CT molecular complexity index is 1410. The lowest BCUT2D eigenvalue weighted by Crippen LogP contribution is -2.53. The van der Waals surface area contributed by atoms with Crippen molar-refractivity contribution in [3.05, 3.63) is 100 Å². The zero-order valence-electron chi connectivity index (χ0n) is 23.6. The lowest BCUT2D eigenvalue weighted by Gasteiger charge is -2.34. The maximum atomic E-state index is 14.1. The molecular formula is C31H38ClN3O4S. The molecule has 1 atom stereocenters. The van der Waals surface area contributed by atoms with Gasteiger partial charge in [0.1, 0.15) is 12.6 Å². The molecule has 0 aliphatic heterocycles. The number of rotatable bonds is 13. The van der Waals surface area contributed by atoms with Gasteiger partial charge in [0.05, 0.1) is 11.9 Å². The van der Waals surface area contributed by atoms with E-state index in [9.17, 15) is 18.0 Å². The topological polar surface area (TPSA) is 86.8 Å². The summed E-state index contributed by atoms with van der Waals surface area (Å²) in [6, 6.07) is 21.1. The fraction of sp³-hybridized carbons (Fsp3) is 0.355. The maximum Gasteiger partial charge on any atom is 0.244 e. The second kappa shape index (κ2) is 14.3. The standard InChI is InChI=1S/C31H38ClN3O4S/c1-5-6-17-33-31(37)29(20-25-11-8-7-9-12-25)34(21-26-13-10-14-27(32)19-26)30(36)22-35(40(4,38)39)28-16-15-23(2)18-24(28)3/h7-16,18-19,29H,5-6,17,20-22H2,1-4H3,(H,33,37). The van der Waals surface area contributed by atoms with E-state index in [0.29, 0.717) is 17.3 Å². The summed E-state index contributed by atoms with van der Waals surface area (Å²) in [5, 5.41) is 3.48. The van der Waals surface area contributed by atoms with Crippen molar-refractivity contribution < 1.29 is 18.0 Å². The number of anilines is 1. The van der Waals surface area contributed by atoms with Crippen LogP contribution in [0.25, 0.3) is 0 Å². The number of nitrogens with one attached hydrogen (secondary N) is 1. The van der Waals surface area contributed by atoms with Gasteiger partial charge in [-0.3, -0.25) is 13.9 Å². The molecule has 0 saturated heterocycles. The Kier molecular flexibility index (Phi) is 11.2. The Morgan fingerprint density at radius 2 is 1.65 bits per heavy atom. The largest absolute Gasteiger partial charge is 0.354 e. The van der Waals surface area contributed by atoms with Crippen LogP contribution in [0, 0.1) is 13.8 Å². The molecule has 3 aromatic rings. The first kappa shape index (κ1) is 31.2. The van der Waals surface area contributed by atoms with Gasteiger partial charge in [0.25, 0.3) is 0 Å². The first-order valence-electron chi connectivity index (χ1n) is 13.4. The highest BCUT2D eigenvalue weighted by atomic mass is 35.5. The molecule has 9 heteroatoms. The number of hydrogen-bond acceptors (Lipinski definition) is 4. The first-order valence-corrected chi connectivity index (χ1v) is 15.6. The van der Waals surface area contributed by atoms with Crippen molar-refractivity contribution >= 4 is 39.1 Å². The Hall–Kier alpha value is -3.36. The van der Waals surface area contributed by atoms with Crippen LogP contribution in [0.15, 0.2) is 72.8 Å². The van der Waals surface area contributed by atoms with E-state index >= 15 is 0 Å². The highest BCUT2D eigenvalue weighted by Gasteiger charge is 2.33. The van der Waals surface area contributed by atoms with Crippen LogP contribution < -0.4 is 9.62 Å². The zero-order valence-corrected chi connectivity index (χ0v) is 25.1. The molecule has 1 N–H and O–H groups in total. The van der Waals surface area contributed by atoms with Crippen molar-refractivity contribution in [2.75, 3.05) is 23.7 Å². The van der Waals surface area contributed by atoms with E-state index in [-0.39, 0.29) is 18.9 Å². The third-order valence-corrected chi connectivity index (χ3v) is 8.00. The van der Waals surface area contributed by atoms with E-state index in [2.05, 4.69) is 5.32 Å². The zero-order chi connectivity index (χ0) is 29.3. The number of halogens is 1. The van der Waals surface area contributed by atoms with Crippen LogP contribution in [-0.4, -0.2) is 50.5 Å². The molecule has 0 aliphatic carbocycles. The van der Waals surface area contributed by atoms with Gasteiger partial charge in [-0.2, -0.15) is 0 Å². The number of aryl methyl sites for hydroxylation is 2. The Morgan fingerprint density at radius 1 is 0.950 bits per heavy atom. The second-order valence-electron chi connectivity index (χ2n) is 10.1. The van der Waals surface area contributed by atoms with Crippen LogP contribution in [0.2, 0.25) is 5.02 Å². The summed E-state index contributed by atoms with van der Waals surface area (Å²) in [5.41, 5.74) is 3.76. The van der Waals surface area contributed by atoms with E-state index in [0.717, 1.165) is 45.7 Å². The number of carbonyl (C=O) groups excluding carboxylic acids is 2. The normalized spacial score (nSPS) is 12.0. The van der Waals surface area contributed by atoms with Crippen LogP contribution >= 0.6 is 11.6 Å². The minimum Gasteiger partial charge on any atom is -0.354 e. The SMILES string of the molecule is CCCCNC(=O)C(Cc1ccccc1)N(Cc1cccc(Cl)c1)C(=O)CN(c1ccc(C)cc1C)S(C)(=O)=O. The van der Waals surface area contributed by atoms with Gasteiger partial charge in [0.2, 0.25) is 21.8 Å². The van der Waals surface area contributed by atoms with Crippen LogP contribution in [0.5, 0.6) is 0 Å². The molecular weight excluding hydrogens is 546 g/mol. The van der Waals surface area contributed by atoms with Gasteiger partial charge in [-0.1, -0.05) is 85.1 Å². The number of nitrogens with zero attached hydrogens (tertiary/aromatic N) is 2. The van der Waals surface area contributed by atoms with Crippen molar-refractivity contribution in [3.8, 4) is 0 Å². The van der Waals surface area contributed by atoms with Gasteiger partial charge in [-0.25, -0.2) is 8.42 Å². The summed E-state index contributed by atoms with van der Waals surface area (Å²) < 4.78 is 27.0. The molecule has 214 valence electrons. The Labute approximate surface area is 243 Å². The minimum absolute atomic E-state index is 0.0859. The molecule has 7 nitrogen and oxygen atoms in total. The van der Waals surface area contributed by atoms with Crippen molar-refractivity contribution in [2.24, 2.45) is 0 Å². The lowest BCUT2D eigenvalue weighted by molar-refractivity contribution is -0.140. The predicted molar refractivity (Wildman–Crippen MR) is 162 cm³/mol. The number of amides is 2. The number of sulfonamides is 1. The average Bonchev–Trinajstić information content (AvgIpc) is 2.89.